The first-order valence-electron chi connectivity index (χ1n) is 7.93. The normalized spacial score (nSPS) is 11.2. The van der Waals surface area contributed by atoms with Crippen LogP contribution in [-0.2, 0) is 6.18 Å². The number of pyridine rings is 2. The number of benzene rings is 1. The SMILES string of the molecule is COc1cc(C(=O)Nc2ccc(C(F)(F)F)cn2)ccc1-c1ncccc1Cl. The van der Waals surface area contributed by atoms with E-state index < -0.39 is 17.6 Å². The summed E-state index contributed by atoms with van der Waals surface area (Å²) in [7, 11) is 1.44. The predicted octanol–water partition coefficient (Wildman–Crippen LogP) is 5.08. The Morgan fingerprint density at radius 1 is 1.14 bits per heavy atom. The number of ether oxygens (including phenoxy) is 1. The summed E-state index contributed by atoms with van der Waals surface area (Å²) in [6.45, 7) is 0. The molecule has 0 spiro atoms. The molecule has 144 valence electrons. The number of halogens is 4. The first kappa shape index (κ1) is 19.6. The summed E-state index contributed by atoms with van der Waals surface area (Å²) >= 11 is 6.16. The van der Waals surface area contributed by atoms with Gasteiger partial charge in [-0.1, -0.05) is 11.6 Å². The fourth-order valence-corrected chi connectivity index (χ4v) is 2.66. The zero-order chi connectivity index (χ0) is 20.3. The Bertz CT molecular complexity index is 1010. The highest BCUT2D eigenvalue weighted by molar-refractivity contribution is 6.33. The third kappa shape index (κ3) is 4.23. The fraction of sp³-hybridized carbons (Fsp3) is 0.105. The Morgan fingerprint density at radius 2 is 1.93 bits per heavy atom. The van der Waals surface area contributed by atoms with Gasteiger partial charge in [-0.15, -0.1) is 0 Å². The number of hydrogen-bond acceptors (Lipinski definition) is 4. The summed E-state index contributed by atoms with van der Waals surface area (Å²) in [5.74, 6) is -0.188. The second kappa shape index (κ2) is 7.85. The van der Waals surface area contributed by atoms with Gasteiger partial charge in [0.05, 0.1) is 23.4 Å². The van der Waals surface area contributed by atoms with Crippen molar-refractivity contribution in [2.45, 2.75) is 6.18 Å². The van der Waals surface area contributed by atoms with Crippen LogP contribution in [0.25, 0.3) is 11.3 Å². The van der Waals surface area contributed by atoms with Crippen LogP contribution in [0.1, 0.15) is 15.9 Å². The molecule has 0 aliphatic rings. The molecule has 0 aliphatic carbocycles. The van der Waals surface area contributed by atoms with Gasteiger partial charge in [-0.25, -0.2) is 4.98 Å². The number of hydrogen-bond donors (Lipinski definition) is 1. The monoisotopic (exact) mass is 407 g/mol. The van der Waals surface area contributed by atoms with Crippen molar-refractivity contribution in [3.8, 4) is 17.0 Å². The molecule has 0 atom stereocenters. The van der Waals surface area contributed by atoms with Crippen molar-refractivity contribution in [2.75, 3.05) is 12.4 Å². The molecular weight excluding hydrogens is 395 g/mol. The largest absolute Gasteiger partial charge is 0.496 e. The Labute approximate surface area is 163 Å². The molecule has 0 saturated heterocycles. The third-order valence-electron chi connectivity index (χ3n) is 3.81. The summed E-state index contributed by atoms with van der Waals surface area (Å²) in [4.78, 5) is 20.2. The van der Waals surface area contributed by atoms with Crippen LogP contribution < -0.4 is 10.1 Å². The topological polar surface area (TPSA) is 64.1 Å². The van der Waals surface area contributed by atoms with E-state index in [9.17, 15) is 18.0 Å². The molecule has 0 bridgehead atoms. The zero-order valence-corrected chi connectivity index (χ0v) is 15.2. The van der Waals surface area contributed by atoms with Crippen LogP contribution in [0.3, 0.4) is 0 Å². The summed E-state index contributed by atoms with van der Waals surface area (Å²) in [5.41, 5.74) is 0.424. The minimum Gasteiger partial charge on any atom is -0.496 e. The lowest BCUT2D eigenvalue weighted by molar-refractivity contribution is -0.137. The summed E-state index contributed by atoms with van der Waals surface area (Å²) in [5, 5.41) is 2.87. The summed E-state index contributed by atoms with van der Waals surface area (Å²) < 4.78 is 43.1. The molecule has 0 radical (unpaired) electrons. The van der Waals surface area contributed by atoms with E-state index in [1.165, 1.54) is 19.2 Å². The van der Waals surface area contributed by atoms with Crippen molar-refractivity contribution in [3.05, 3.63) is 71.0 Å². The predicted molar refractivity (Wildman–Crippen MR) is 98.4 cm³/mol. The van der Waals surface area contributed by atoms with Gasteiger partial charge in [0.25, 0.3) is 5.91 Å². The molecule has 1 aromatic carbocycles. The van der Waals surface area contributed by atoms with Gasteiger partial charge in [0.2, 0.25) is 0 Å². The van der Waals surface area contributed by atoms with Crippen molar-refractivity contribution < 1.29 is 22.7 Å². The van der Waals surface area contributed by atoms with Gasteiger partial charge < -0.3 is 10.1 Å². The van der Waals surface area contributed by atoms with Crippen molar-refractivity contribution in [1.29, 1.82) is 0 Å². The number of aromatic nitrogens is 2. The second-order valence-electron chi connectivity index (χ2n) is 5.63. The van der Waals surface area contributed by atoms with Gasteiger partial charge in [0, 0.05) is 23.5 Å². The highest BCUT2D eigenvalue weighted by atomic mass is 35.5. The Balaban J connectivity index is 1.84. The number of nitrogens with zero attached hydrogens (tertiary/aromatic N) is 2. The van der Waals surface area contributed by atoms with Gasteiger partial charge in [0.15, 0.2) is 0 Å². The molecule has 1 N–H and O–H groups in total. The molecule has 2 aromatic heterocycles. The third-order valence-corrected chi connectivity index (χ3v) is 4.11. The number of carbonyl (C=O) groups is 1. The fourth-order valence-electron chi connectivity index (χ4n) is 2.44. The van der Waals surface area contributed by atoms with Gasteiger partial charge in [-0.2, -0.15) is 13.2 Å². The molecule has 1 amide bonds. The first-order valence-corrected chi connectivity index (χ1v) is 8.31. The van der Waals surface area contributed by atoms with Crippen LogP contribution in [0.15, 0.2) is 54.9 Å². The molecule has 0 aliphatic heterocycles. The van der Waals surface area contributed by atoms with Crippen LogP contribution in [0.5, 0.6) is 5.75 Å². The average Bonchev–Trinajstić information content (AvgIpc) is 2.67. The van der Waals surface area contributed by atoms with Crippen molar-refractivity contribution in [3.63, 3.8) is 0 Å². The van der Waals surface area contributed by atoms with E-state index in [1.807, 2.05) is 0 Å². The first-order chi connectivity index (χ1) is 13.3. The van der Waals surface area contributed by atoms with Crippen molar-refractivity contribution in [1.82, 2.24) is 9.97 Å². The number of rotatable bonds is 4. The summed E-state index contributed by atoms with van der Waals surface area (Å²) in [6, 6.07) is 9.94. The van der Waals surface area contributed by atoms with E-state index in [0.29, 0.717) is 28.2 Å². The van der Waals surface area contributed by atoms with E-state index in [0.717, 1.165) is 12.1 Å². The quantitative estimate of drug-likeness (QED) is 0.655. The average molecular weight is 408 g/mol. The molecule has 9 heteroatoms. The Hall–Kier alpha value is -3.13. The number of carbonyl (C=O) groups excluding carboxylic acids is 1. The molecule has 0 unspecified atom stereocenters. The van der Waals surface area contributed by atoms with Crippen LogP contribution in [0.2, 0.25) is 5.02 Å². The van der Waals surface area contributed by atoms with Crippen molar-refractivity contribution in [2.24, 2.45) is 0 Å². The van der Waals surface area contributed by atoms with E-state index >= 15 is 0 Å². The van der Waals surface area contributed by atoms with E-state index in [1.54, 1.807) is 24.4 Å². The molecule has 28 heavy (non-hydrogen) atoms. The molecule has 0 fully saturated rings. The van der Waals surface area contributed by atoms with Crippen LogP contribution in [0, 0.1) is 0 Å². The van der Waals surface area contributed by atoms with Crippen LogP contribution in [0.4, 0.5) is 19.0 Å². The van der Waals surface area contributed by atoms with Crippen LogP contribution >= 0.6 is 11.6 Å². The van der Waals surface area contributed by atoms with Gasteiger partial charge in [-0.05, 0) is 42.5 Å². The lowest BCUT2D eigenvalue weighted by atomic mass is 10.1. The minimum atomic E-state index is -4.49. The Kier molecular flexibility index (Phi) is 5.51. The molecule has 5 nitrogen and oxygen atoms in total. The van der Waals surface area contributed by atoms with E-state index in [2.05, 4.69) is 15.3 Å². The van der Waals surface area contributed by atoms with Gasteiger partial charge >= 0.3 is 6.18 Å². The molecule has 3 rings (SSSR count). The van der Waals surface area contributed by atoms with Crippen molar-refractivity contribution >= 4 is 23.3 Å². The van der Waals surface area contributed by atoms with Crippen LogP contribution in [-0.4, -0.2) is 23.0 Å². The highest BCUT2D eigenvalue weighted by Gasteiger charge is 2.30. The maximum atomic E-state index is 12.6. The molecular formula is C19H13ClF3N3O2. The van der Waals surface area contributed by atoms with E-state index in [-0.39, 0.29) is 11.4 Å². The number of methoxy groups -OCH3 is 1. The zero-order valence-electron chi connectivity index (χ0n) is 14.4. The van der Waals surface area contributed by atoms with E-state index in [4.69, 9.17) is 16.3 Å². The highest BCUT2D eigenvalue weighted by Crippen LogP contribution is 2.34. The van der Waals surface area contributed by atoms with Gasteiger partial charge in [0.1, 0.15) is 11.6 Å². The molecule has 2 heterocycles. The maximum absolute atomic E-state index is 12.6. The standard InChI is InChI=1S/C19H13ClF3N3O2/c1-28-15-9-11(4-6-13(15)17-14(20)3-2-8-24-17)18(27)26-16-7-5-12(10-25-16)19(21,22)23/h2-10H,1H3,(H,25,26,27). The molecule has 0 saturated carbocycles. The smallest absolute Gasteiger partial charge is 0.417 e. The maximum Gasteiger partial charge on any atom is 0.417 e. The molecule has 3 aromatic rings. The number of alkyl halides is 3. The number of amides is 1. The Morgan fingerprint density at radius 3 is 2.54 bits per heavy atom. The lowest BCUT2D eigenvalue weighted by Gasteiger charge is -2.12. The second-order valence-corrected chi connectivity index (χ2v) is 6.04. The number of nitrogens with one attached hydrogen (secondary N) is 1. The van der Waals surface area contributed by atoms with Gasteiger partial charge in [-0.3, -0.25) is 9.78 Å². The number of anilines is 1. The minimum absolute atomic E-state index is 0.00573. The lowest BCUT2D eigenvalue weighted by Crippen LogP contribution is -2.14. The summed E-state index contributed by atoms with van der Waals surface area (Å²) in [6.07, 6.45) is -2.26.